The van der Waals surface area contributed by atoms with Crippen LogP contribution in [-0.4, -0.2) is 30.7 Å². The summed E-state index contributed by atoms with van der Waals surface area (Å²) in [5, 5.41) is 13.8. The van der Waals surface area contributed by atoms with Gasteiger partial charge in [0.05, 0.1) is 17.6 Å². The summed E-state index contributed by atoms with van der Waals surface area (Å²) in [6.45, 7) is 2.31. The molecule has 1 aliphatic rings. The van der Waals surface area contributed by atoms with Crippen molar-refractivity contribution < 1.29 is 9.66 Å². The van der Waals surface area contributed by atoms with Gasteiger partial charge in [-0.25, -0.2) is 0 Å². The van der Waals surface area contributed by atoms with Gasteiger partial charge in [0.2, 0.25) is 0 Å². The molecule has 1 aliphatic heterocycles. The lowest BCUT2D eigenvalue weighted by atomic mass is 10.1. The molecule has 1 aromatic carbocycles. The molecule has 86 valence electrons. The topological polar surface area (TPSA) is 64.4 Å². The molecule has 1 heterocycles. The Morgan fingerprint density at radius 2 is 2.19 bits per heavy atom. The minimum Gasteiger partial charge on any atom is -0.375 e. The summed E-state index contributed by atoms with van der Waals surface area (Å²) >= 11 is 0. The second-order valence-corrected chi connectivity index (χ2v) is 3.79. The molecule has 1 fully saturated rings. The first-order chi connectivity index (χ1) is 7.77. The molecule has 5 nitrogen and oxygen atoms in total. The Hall–Kier alpha value is -1.46. The Balaban J connectivity index is 1.89. The number of nitrogens with zero attached hydrogens (tertiary/aromatic N) is 1. The predicted octanol–water partition coefficient (Wildman–Crippen LogP) is 1.13. The van der Waals surface area contributed by atoms with Crippen LogP contribution >= 0.6 is 0 Å². The molecule has 0 atom stereocenters. The first-order valence-electron chi connectivity index (χ1n) is 5.32. The van der Waals surface area contributed by atoms with E-state index in [0.29, 0.717) is 13.0 Å². The van der Waals surface area contributed by atoms with Crippen LogP contribution in [0.4, 0.5) is 5.69 Å². The Morgan fingerprint density at radius 3 is 2.81 bits per heavy atom. The highest BCUT2D eigenvalue weighted by molar-refractivity contribution is 5.39. The predicted molar refractivity (Wildman–Crippen MR) is 59.4 cm³/mol. The second-order valence-electron chi connectivity index (χ2n) is 3.79. The maximum absolute atomic E-state index is 10.7. The molecule has 0 spiro atoms. The van der Waals surface area contributed by atoms with Crippen molar-refractivity contribution in [2.45, 2.75) is 12.5 Å². The van der Waals surface area contributed by atoms with Gasteiger partial charge in [-0.2, -0.15) is 0 Å². The summed E-state index contributed by atoms with van der Waals surface area (Å²) in [7, 11) is 0. The first-order valence-corrected chi connectivity index (χ1v) is 5.32. The van der Waals surface area contributed by atoms with Crippen LogP contribution in [0.3, 0.4) is 0 Å². The molecule has 0 saturated carbocycles. The number of nitro benzene ring substituents is 1. The van der Waals surface area contributed by atoms with E-state index in [4.69, 9.17) is 4.74 Å². The van der Waals surface area contributed by atoms with Gasteiger partial charge in [0.25, 0.3) is 5.69 Å². The van der Waals surface area contributed by atoms with Crippen LogP contribution in [-0.2, 0) is 11.2 Å². The van der Waals surface area contributed by atoms with Gasteiger partial charge in [-0.05, 0) is 0 Å². The maximum Gasteiger partial charge on any atom is 0.272 e. The molecule has 1 N–H and O–H groups in total. The highest BCUT2D eigenvalue weighted by atomic mass is 16.6. The fraction of sp³-hybridized carbons (Fsp3) is 0.455. The molecule has 2 rings (SSSR count). The monoisotopic (exact) mass is 222 g/mol. The van der Waals surface area contributed by atoms with E-state index in [1.54, 1.807) is 12.1 Å². The Kier molecular flexibility index (Phi) is 3.48. The zero-order valence-electron chi connectivity index (χ0n) is 8.89. The molecule has 16 heavy (non-hydrogen) atoms. The molecule has 1 saturated heterocycles. The van der Waals surface area contributed by atoms with Crippen LogP contribution in [0.15, 0.2) is 24.3 Å². The van der Waals surface area contributed by atoms with E-state index in [2.05, 4.69) is 5.32 Å². The number of nitro groups is 1. The van der Waals surface area contributed by atoms with Gasteiger partial charge in [-0.15, -0.1) is 0 Å². The van der Waals surface area contributed by atoms with E-state index in [9.17, 15) is 10.1 Å². The van der Waals surface area contributed by atoms with Crippen LogP contribution in [0.5, 0.6) is 0 Å². The van der Waals surface area contributed by atoms with Crippen LogP contribution in [0, 0.1) is 10.1 Å². The molecule has 0 aliphatic carbocycles. The van der Waals surface area contributed by atoms with Gasteiger partial charge in [0.1, 0.15) is 0 Å². The molecule has 0 radical (unpaired) electrons. The van der Waals surface area contributed by atoms with Crippen molar-refractivity contribution >= 4 is 5.69 Å². The lowest BCUT2D eigenvalue weighted by Crippen LogP contribution is -2.48. The highest BCUT2D eigenvalue weighted by Gasteiger charge is 2.17. The van der Waals surface area contributed by atoms with Gasteiger partial charge in [0.15, 0.2) is 0 Å². The van der Waals surface area contributed by atoms with Crippen LogP contribution < -0.4 is 5.32 Å². The zero-order chi connectivity index (χ0) is 11.4. The summed E-state index contributed by atoms with van der Waals surface area (Å²) in [5.74, 6) is 0. The summed E-state index contributed by atoms with van der Waals surface area (Å²) in [6.07, 6.45) is 0.871. The smallest absolute Gasteiger partial charge is 0.272 e. The van der Waals surface area contributed by atoms with E-state index >= 15 is 0 Å². The standard InChI is InChI=1S/C11H14N2O3/c14-13(15)11-4-2-1-3-9(11)5-6-16-10-7-12-8-10/h1-4,10,12H,5-8H2. The average molecular weight is 222 g/mol. The molecule has 0 amide bonds. The van der Waals surface area contributed by atoms with Crippen molar-refractivity contribution in [3.8, 4) is 0 Å². The summed E-state index contributed by atoms with van der Waals surface area (Å²) in [5.41, 5.74) is 0.914. The molecule has 1 aromatic rings. The minimum absolute atomic E-state index is 0.179. The van der Waals surface area contributed by atoms with E-state index < -0.39 is 0 Å². The fourth-order valence-corrected chi connectivity index (χ4v) is 1.62. The number of nitrogens with one attached hydrogen (secondary N) is 1. The maximum atomic E-state index is 10.7. The van der Waals surface area contributed by atoms with Crippen LogP contribution in [0.25, 0.3) is 0 Å². The first kappa shape index (κ1) is 11.0. The lowest BCUT2D eigenvalue weighted by molar-refractivity contribution is -0.385. The van der Waals surface area contributed by atoms with E-state index in [1.165, 1.54) is 6.07 Å². The Labute approximate surface area is 93.6 Å². The van der Waals surface area contributed by atoms with Crippen molar-refractivity contribution in [3.63, 3.8) is 0 Å². The lowest BCUT2D eigenvalue weighted by Gasteiger charge is -2.27. The molecular formula is C11H14N2O3. The SMILES string of the molecule is O=[N+]([O-])c1ccccc1CCOC1CNC1. The van der Waals surface area contributed by atoms with Crippen LogP contribution in [0.1, 0.15) is 5.56 Å². The molecule has 0 aromatic heterocycles. The number of para-hydroxylation sites is 1. The minimum atomic E-state index is -0.347. The third-order valence-corrected chi connectivity index (χ3v) is 2.66. The van der Waals surface area contributed by atoms with Crippen LogP contribution in [0.2, 0.25) is 0 Å². The normalized spacial score (nSPS) is 15.8. The fourth-order valence-electron chi connectivity index (χ4n) is 1.62. The van der Waals surface area contributed by atoms with Crippen molar-refractivity contribution in [2.24, 2.45) is 0 Å². The number of benzene rings is 1. The van der Waals surface area contributed by atoms with Crippen molar-refractivity contribution in [2.75, 3.05) is 19.7 Å². The Morgan fingerprint density at radius 1 is 1.44 bits per heavy atom. The van der Waals surface area contributed by atoms with Gasteiger partial charge >= 0.3 is 0 Å². The van der Waals surface area contributed by atoms with Gasteiger partial charge < -0.3 is 10.1 Å². The van der Waals surface area contributed by atoms with Crippen molar-refractivity contribution in [1.82, 2.24) is 5.32 Å². The number of hydrogen-bond acceptors (Lipinski definition) is 4. The van der Waals surface area contributed by atoms with E-state index in [1.807, 2.05) is 6.07 Å². The molecule has 5 heteroatoms. The van der Waals surface area contributed by atoms with Gasteiger partial charge in [0, 0.05) is 31.1 Å². The highest BCUT2D eigenvalue weighted by Crippen LogP contribution is 2.18. The third-order valence-electron chi connectivity index (χ3n) is 2.66. The van der Waals surface area contributed by atoms with Crippen molar-refractivity contribution in [1.29, 1.82) is 0 Å². The number of hydrogen-bond donors (Lipinski definition) is 1. The molecular weight excluding hydrogens is 208 g/mol. The summed E-state index contributed by atoms with van der Waals surface area (Å²) in [6, 6.07) is 6.80. The van der Waals surface area contributed by atoms with E-state index in [0.717, 1.165) is 18.7 Å². The van der Waals surface area contributed by atoms with Crippen molar-refractivity contribution in [3.05, 3.63) is 39.9 Å². The van der Waals surface area contributed by atoms with Gasteiger partial charge in [-0.3, -0.25) is 10.1 Å². The zero-order valence-corrected chi connectivity index (χ0v) is 8.89. The number of rotatable bonds is 5. The quantitative estimate of drug-likeness (QED) is 0.599. The average Bonchev–Trinajstić information content (AvgIpc) is 2.22. The number of ether oxygens (including phenoxy) is 1. The second kappa shape index (κ2) is 5.05. The molecule has 0 bridgehead atoms. The van der Waals surface area contributed by atoms with E-state index in [-0.39, 0.29) is 16.7 Å². The largest absolute Gasteiger partial charge is 0.375 e. The third kappa shape index (κ3) is 2.56. The van der Waals surface area contributed by atoms with Gasteiger partial charge in [-0.1, -0.05) is 18.2 Å². The molecule has 0 unspecified atom stereocenters. The summed E-state index contributed by atoms with van der Waals surface area (Å²) in [4.78, 5) is 10.4. The Bertz CT molecular complexity index is 377. The summed E-state index contributed by atoms with van der Waals surface area (Å²) < 4.78 is 5.53.